The predicted octanol–water partition coefficient (Wildman–Crippen LogP) is 1.53. The molecule has 2 aromatic carbocycles. The third-order valence-electron chi connectivity index (χ3n) is 6.54. The first-order valence-electron chi connectivity index (χ1n) is 13.6. The largest absolute Gasteiger partial charge is 0.477 e. The maximum Gasteiger partial charge on any atom is 0.364 e. The van der Waals surface area contributed by atoms with Gasteiger partial charge in [-0.2, -0.15) is 11.8 Å². The minimum Gasteiger partial charge on any atom is -0.477 e. The van der Waals surface area contributed by atoms with Crippen LogP contribution in [0.1, 0.15) is 37.0 Å². The Bertz CT molecular complexity index is 1170. The predicted molar refractivity (Wildman–Crippen MR) is 154 cm³/mol. The molecule has 0 saturated carbocycles. The van der Waals surface area contributed by atoms with Crippen molar-refractivity contribution in [3.8, 4) is 11.5 Å². The number of ether oxygens (including phenoxy) is 3. The number of thioether (sulfide) groups is 1. The summed E-state index contributed by atoms with van der Waals surface area (Å²) in [6.07, 6.45) is -6.55. The number of hydrogen-bond acceptors (Lipinski definition) is 10. The Labute approximate surface area is 248 Å². The van der Waals surface area contributed by atoms with Crippen LogP contribution in [0.3, 0.4) is 0 Å². The lowest BCUT2D eigenvalue weighted by Crippen LogP contribution is -2.68. The van der Waals surface area contributed by atoms with E-state index in [4.69, 9.17) is 14.2 Å². The number of aliphatic carboxylic acids is 1. The Hall–Kier alpha value is -3.20. The fraction of sp³-hybridized carbons (Fsp3) is 0.483. The Kier molecular flexibility index (Phi) is 12.6. The number of carbonyl (C=O) groups is 3. The highest BCUT2D eigenvalue weighted by Crippen LogP contribution is 2.34. The summed E-state index contributed by atoms with van der Waals surface area (Å²) in [5, 5.41) is 47.5. The van der Waals surface area contributed by atoms with E-state index in [0.29, 0.717) is 17.9 Å². The number of aliphatic hydroxyl groups excluding tert-OH is 3. The average Bonchev–Trinajstić information content (AvgIpc) is 2.97. The van der Waals surface area contributed by atoms with Crippen LogP contribution >= 0.6 is 11.8 Å². The van der Waals surface area contributed by atoms with E-state index in [0.717, 1.165) is 11.5 Å². The summed E-state index contributed by atoms with van der Waals surface area (Å²) < 4.78 is 17.0. The van der Waals surface area contributed by atoms with Gasteiger partial charge in [0, 0.05) is 25.5 Å². The molecule has 13 heteroatoms. The molecule has 42 heavy (non-hydrogen) atoms. The molecule has 0 radical (unpaired) electrons. The number of para-hydroxylation sites is 1. The van der Waals surface area contributed by atoms with Gasteiger partial charge < -0.3 is 45.3 Å². The Morgan fingerprint density at radius 3 is 2.38 bits per heavy atom. The summed E-state index contributed by atoms with van der Waals surface area (Å²) in [4.78, 5) is 36.8. The van der Waals surface area contributed by atoms with Crippen LogP contribution in [0.4, 0.5) is 0 Å². The first-order valence-corrected chi connectivity index (χ1v) is 14.8. The van der Waals surface area contributed by atoms with Gasteiger partial charge in [0.1, 0.15) is 23.7 Å². The lowest BCUT2D eigenvalue weighted by atomic mass is 9.88. The zero-order chi connectivity index (χ0) is 30.7. The Balaban J connectivity index is 1.66. The van der Waals surface area contributed by atoms with E-state index in [1.165, 1.54) is 19.1 Å². The van der Waals surface area contributed by atoms with Crippen molar-refractivity contribution in [1.82, 2.24) is 10.6 Å². The van der Waals surface area contributed by atoms with Crippen molar-refractivity contribution >= 4 is 29.5 Å². The molecule has 0 spiro atoms. The molecule has 0 aliphatic carbocycles. The van der Waals surface area contributed by atoms with Crippen LogP contribution in [0, 0.1) is 0 Å². The minimum absolute atomic E-state index is 0.00737. The lowest BCUT2D eigenvalue weighted by Gasteiger charge is -2.46. The minimum atomic E-state index is -2.32. The number of hydrogen-bond donors (Lipinski definition) is 6. The van der Waals surface area contributed by atoms with E-state index in [2.05, 4.69) is 10.6 Å². The van der Waals surface area contributed by atoms with Gasteiger partial charge in [0.05, 0.1) is 24.9 Å². The molecule has 0 bridgehead atoms. The van der Waals surface area contributed by atoms with Crippen LogP contribution in [0.15, 0.2) is 54.6 Å². The highest BCUT2D eigenvalue weighted by atomic mass is 32.2. The lowest BCUT2D eigenvalue weighted by molar-refractivity contribution is -0.310. The van der Waals surface area contributed by atoms with E-state index in [9.17, 15) is 34.8 Å². The quantitative estimate of drug-likeness (QED) is 0.162. The second kappa shape index (κ2) is 15.9. The van der Waals surface area contributed by atoms with Gasteiger partial charge in [0.15, 0.2) is 0 Å². The molecule has 230 valence electrons. The topological polar surface area (TPSA) is 184 Å². The summed E-state index contributed by atoms with van der Waals surface area (Å²) in [7, 11) is 0. The molecule has 6 N–H and O–H groups in total. The number of carboxylic acids is 1. The molecule has 1 fully saturated rings. The SMILES string of the molecule is CCSCCCO[C@]1(C(=O)O)CC(O)[C@@H](NC(C)=O)[C@H]([C@H](O)[C@H](O)CNC(=O)c2ccc(Oc3ccccc3)cc2)O1. The van der Waals surface area contributed by atoms with Crippen LogP contribution in [-0.2, 0) is 19.1 Å². The molecular weight excluding hydrogens is 568 g/mol. The van der Waals surface area contributed by atoms with Gasteiger partial charge >= 0.3 is 5.97 Å². The maximum absolute atomic E-state index is 12.7. The summed E-state index contributed by atoms with van der Waals surface area (Å²) in [5.41, 5.74) is 0.261. The molecule has 1 saturated heterocycles. The Morgan fingerprint density at radius 1 is 1.10 bits per heavy atom. The second-order valence-corrected chi connectivity index (χ2v) is 11.1. The van der Waals surface area contributed by atoms with Crippen molar-refractivity contribution in [3.63, 3.8) is 0 Å². The highest BCUT2D eigenvalue weighted by molar-refractivity contribution is 7.99. The van der Waals surface area contributed by atoms with Crippen LogP contribution in [0.5, 0.6) is 11.5 Å². The van der Waals surface area contributed by atoms with Gasteiger partial charge in [-0.3, -0.25) is 9.59 Å². The van der Waals surface area contributed by atoms with Crippen LogP contribution in [-0.4, -0.2) is 99.1 Å². The first-order chi connectivity index (χ1) is 20.1. The number of aliphatic hydroxyl groups is 3. The molecule has 1 heterocycles. The zero-order valence-corrected chi connectivity index (χ0v) is 24.3. The summed E-state index contributed by atoms with van der Waals surface area (Å²) >= 11 is 1.65. The summed E-state index contributed by atoms with van der Waals surface area (Å²) in [6.45, 7) is 2.74. The van der Waals surface area contributed by atoms with E-state index in [1.807, 2.05) is 25.1 Å². The number of nitrogens with one attached hydrogen (secondary N) is 2. The molecule has 0 aromatic heterocycles. The van der Waals surface area contributed by atoms with Crippen molar-refractivity contribution in [2.75, 3.05) is 24.7 Å². The third-order valence-corrected chi connectivity index (χ3v) is 7.52. The molecule has 6 atom stereocenters. The molecule has 2 aromatic rings. The van der Waals surface area contributed by atoms with Gasteiger partial charge in [-0.25, -0.2) is 4.79 Å². The number of benzene rings is 2. The van der Waals surface area contributed by atoms with E-state index >= 15 is 0 Å². The maximum atomic E-state index is 12.7. The fourth-order valence-corrected chi connectivity index (χ4v) is 5.04. The summed E-state index contributed by atoms with van der Waals surface area (Å²) in [5.74, 6) is -2.21. The number of amides is 2. The number of rotatable bonds is 15. The molecule has 12 nitrogen and oxygen atoms in total. The standard InChI is InChI=1S/C29H38N2O10S/c1-3-42-15-7-14-39-29(28(37)38)16-22(33)24(31-18(2)32)26(41-29)25(35)23(34)17-30-27(36)19-10-12-21(13-11-19)40-20-8-5-4-6-9-20/h4-6,8-13,22-26,33-35H,3,7,14-17H2,1-2H3,(H,30,36)(H,31,32)(H,37,38)/t22?,23-,24-,25-,26-,29-/m1/s1. The zero-order valence-electron chi connectivity index (χ0n) is 23.5. The third kappa shape index (κ3) is 9.15. The van der Waals surface area contributed by atoms with Gasteiger partial charge in [0.25, 0.3) is 11.7 Å². The van der Waals surface area contributed by atoms with Gasteiger partial charge in [-0.15, -0.1) is 0 Å². The molecule has 3 rings (SSSR count). The van der Waals surface area contributed by atoms with E-state index in [-0.39, 0.29) is 12.2 Å². The van der Waals surface area contributed by atoms with E-state index in [1.54, 1.807) is 36.0 Å². The van der Waals surface area contributed by atoms with Crippen molar-refractivity contribution in [2.45, 2.75) is 62.9 Å². The molecule has 1 aliphatic rings. The first kappa shape index (κ1) is 33.3. The normalized spacial score (nSPS) is 23.4. The van der Waals surface area contributed by atoms with Crippen LogP contribution < -0.4 is 15.4 Å². The molecule has 1 aliphatic heterocycles. The van der Waals surface area contributed by atoms with Crippen molar-refractivity contribution in [2.24, 2.45) is 0 Å². The van der Waals surface area contributed by atoms with Crippen LogP contribution in [0.2, 0.25) is 0 Å². The monoisotopic (exact) mass is 606 g/mol. The van der Waals surface area contributed by atoms with E-state index < -0.39 is 67.0 Å². The van der Waals surface area contributed by atoms with Gasteiger partial charge in [-0.05, 0) is 54.3 Å². The van der Waals surface area contributed by atoms with Gasteiger partial charge in [0.2, 0.25) is 5.91 Å². The smallest absolute Gasteiger partial charge is 0.364 e. The number of carbonyl (C=O) groups excluding carboxylic acids is 2. The molecule has 1 unspecified atom stereocenters. The summed E-state index contributed by atoms with van der Waals surface area (Å²) in [6, 6.07) is 14.1. The fourth-order valence-electron chi connectivity index (χ4n) is 4.43. The number of carboxylic acid groups (broad SMARTS) is 1. The van der Waals surface area contributed by atoms with Crippen molar-refractivity contribution in [3.05, 3.63) is 60.2 Å². The van der Waals surface area contributed by atoms with Crippen molar-refractivity contribution in [1.29, 1.82) is 0 Å². The Morgan fingerprint density at radius 2 is 1.76 bits per heavy atom. The molecule has 2 amide bonds. The van der Waals surface area contributed by atoms with Crippen molar-refractivity contribution < 1.29 is 49.0 Å². The van der Waals surface area contributed by atoms with Crippen LogP contribution in [0.25, 0.3) is 0 Å². The second-order valence-electron chi connectivity index (χ2n) is 9.74. The molecular formula is C29H38N2O10S. The van der Waals surface area contributed by atoms with Gasteiger partial charge in [-0.1, -0.05) is 25.1 Å². The highest BCUT2D eigenvalue weighted by Gasteiger charge is 2.55. The average molecular weight is 607 g/mol.